The predicted octanol–water partition coefficient (Wildman–Crippen LogP) is 2.48. The topological polar surface area (TPSA) is 17.8 Å². The van der Waals surface area contributed by atoms with Gasteiger partial charge in [-0.05, 0) is 6.08 Å². The van der Waals surface area contributed by atoms with E-state index in [4.69, 9.17) is 11.6 Å². The van der Waals surface area contributed by atoms with Crippen molar-refractivity contribution in [3.63, 3.8) is 0 Å². The van der Waals surface area contributed by atoms with Crippen LogP contribution >= 0.6 is 27.5 Å². The molecule has 0 spiro atoms. The summed E-state index contributed by atoms with van der Waals surface area (Å²) >= 11 is 9.10. The molecule has 0 aliphatic heterocycles. The van der Waals surface area contributed by atoms with Gasteiger partial charge in [-0.25, -0.2) is 0 Å². The second-order valence-electron chi connectivity index (χ2n) is 2.09. The Kier molecular flexibility index (Phi) is 3.15. The van der Waals surface area contributed by atoms with E-state index in [0.717, 1.165) is 11.0 Å². The van der Waals surface area contributed by atoms with Crippen molar-refractivity contribution < 1.29 is 0 Å². The zero-order chi connectivity index (χ0) is 8.27. The Morgan fingerprint density at radius 1 is 1.82 bits per heavy atom. The van der Waals surface area contributed by atoms with E-state index in [1.54, 1.807) is 10.9 Å². The molecule has 0 N–H and O–H groups in total. The van der Waals surface area contributed by atoms with Gasteiger partial charge in [-0.1, -0.05) is 33.6 Å². The lowest BCUT2D eigenvalue weighted by atomic mass is 10.4. The molecule has 0 aliphatic rings. The lowest BCUT2D eigenvalue weighted by molar-refractivity contribution is 0.764. The van der Waals surface area contributed by atoms with Crippen LogP contribution in [0.25, 0.3) is 6.08 Å². The van der Waals surface area contributed by atoms with Crippen molar-refractivity contribution in [2.75, 3.05) is 5.33 Å². The highest BCUT2D eigenvalue weighted by Gasteiger charge is 1.99. The highest BCUT2D eigenvalue weighted by Crippen LogP contribution is 2.14. The van der Waals surface area contributed by atoms with Gasteiger partial charge in [-0.2, -0.15) is 5.10 Å². The van der Waals surface area contributed by atoms with Crippen molar-refractivity contribution in [1.82, 2.24) is 9.78 Å². The van der Waals surface area contributed by atoms with Gasteiger partial charge in [0.05, 0.1) is 5.02 Å². The molecule has 0 aliphatic carbocycles. The first-order valence-electron chi connectivity index (χ1n) is 3.15. The van der Waals surface area contributed by atoms with Crippen LogP contribution in [0.1, 0.15) is 5.69 Å². The average molecular weight is 236 g/mol. The fraction of sp³-hybridized carbons (Fsp3) is 0.286. The van der Waals surface area contributed by atoms with E-state index < -0.39 is 0 Å². The molecule has 0 radical (unpaired) electrons. The van der Waals surface area contributed by atoms with Crippen LogP contribution in [0.2, 0.25) is 5.02 Å². The molecule has 4 heteroatoms. The van der Waals surface area contributed by atoms with E-state index in [9.17, 15) is 0 Å². The second-order valence-corrected chi connectivity index (χ2v) is 3.15. The SMILES string of the molecule is Cn1cc(Cl)c(C=CCBr)n1. The minimum atomic E-state index is 0.685. The minimum absolute atomic E-state index is 0.685. The number of alkyl halides is 1. The fourth-order valence-corrected chi connectivity index (χ4v) is 1.17. The van der Waals surface area contributed by atoms with Crippen molar-refractivity contribution in [1.29, 1.82) is 0 Å². The van der Waals surface area contributed by atoms with E-state index in [-0.39, 0.29) is 0 Å². The van der Waals surface area contributed by atoms with Crippen LogP contribution in [0.4, 0.5) is 0 Å². The van der Waals surface area contributed by atoms with Gasteiger partial charge in [0.2, 0.25) is 0 Å². The standard InChI is InChI=1S/C7H8BrClN2/c1-11-5-6(9)7(10-11)3-2-4-8/h2-3,5H,4H2,1H3. The van der Waals surface area contributed by atoms with E-state index in [0.29, 0.717) is 5.02 Å². The Bertz CT molecular complexity index is 267. The maximum Gasteiger partial charge on any atom is 0.103 e. The molecule has 0 saturated carbocycles. The minimum Gasteiger partial charge on any atom is -0.274 e. The predicted molar refractivity (Wildman–Crippen MR) is 51.0 cm³/mol. The van der Waals surface area contributed by atoms with Crippen LogP contribution in [0, 0.1) is 0 Å². The number of hydrogen-bond donors (Lipinski definition) is 0. The summed E-state index contributed by atoms with van der Waals surface area (Å²) in [4.78, 5) is 0. The van der Waals surface area contributed by atoms with Gasteiger partial charge in [0.1, 0.15) is 5.69 Å². The summed E-state index contributed by atoms with van der Waals surface area (Å²) in [6.45, 7) is 0. The Morgan fingerprint density at radius 3 is 3.00 bits per heavy atom. The largest absolute Gasteiger partial charge is 0.274 e. The highest BCUT2D eigenvalue weighted by molar-refractivity contribution is 9.09. The van der Waals surface area contributed by atoms with Crippen molar-refractivity contribution in [3.8, 4) is 0 Å². The zero-order valence-corrected chi connectivity index (χ0v) is 8.43. The summed E-state index contributed by atoms with van der Waals surface area (Å²) in [5.74, 6) is 0. The molecule has 1 aromatic rings. The number of halogens is 2. The third-order valence-electron chi connectivity index (χ3n) is 1.18. The quantitative estimate of drug-likeness (QED) is 0.720. The Morgan fingerprint density at radius 2 is 2.55 bits per heavy atom. The van der Waals surface area contributed by atoms with Crippen LogP contribution < -0.4 is 0 Å². The Labute approximate surface area is 79.0 Å². The molecule has 1 rings (SSSR count). The van der Waals surface area contributed by atoms with E-state index in [1.807, 2.05) is 19.2 Å². The van der Waals surface area contributed by atoms with Crippen molar-refractivity contribution >= 4 is 33.6 Å². The van der Waals surface area contributed by atoms with Crippen LogP contribution in [-0.2, 0) is 7.05 Å². The van der Waals surface area contributed by atoms with Gasteiger partial charge in [0.25, 0.3) is 0 Å². The molecule has 0 saturated heterocycles. The number of allylic oxidation sites excluding steroid dienone is 1. The summed E-state index contributed by atoms with van der Waals surface area (Å²) in [5, 5.41) is 5.63. The zero-order valence-electron chi connectivity index (χ0n) is 6.09. The Balaban J connectivity index is 2.85. The van der Waals surface area contributed by atoms with Gasteiger partial charge in [0, 0.05) is 18.6 Å². The van der Waals surface area contributed by atoms with Crippen LogP contribution in [0.3, 0.4) is 0 Å². The summed E-state index contributed by atoms with van der Waals surface area (Å²) in [5.41, 5.74) is 0.814. The maximum absolute atomic E-state index is 5.83. The average Bonchev–Trinajstić information content (AvgIpc) is 2.26. The van der Waals surface area contributed by atoms with Crippen LogP contribution in [-0.4, -0.2) is 15.1 Å². The van der Waals surface area contributed by atoms with Gasteiger partial charge >= 0.3 is 0 Å². The molecule has 60 valence electrons. The lowest BCUT2D eigenvalue weighted by Crippen LogP contribution is -1.86. The molecular weight excluding hydrogens is 227 g/mol. The van der Waals surface area contributed by atoms with Gasteiger partial charge in [-0.15, -0.1) is 0 Å². The molecule has 0 fully saturated rings. The molecule has 0 atom stereocenters. The Hall–Kier alpha value is -0.280. The first-order valence-corrected chi connectivity index (χ1v) is 4.65. The lowest BCUT2D eigenvalue weighted by Gasteiger charge is -1.83. The summed E-state index contributed by atoms with van der Waals surface area (Å²) in [7, 11) is 1.84. The summed E-state index contributed by atoms with van der Waals surface area (Å²) < 4.78 is 1.69. The van der Waals surface area contributed by atoms with Gasteiger partial charge in [0.15, 0.2) is 0 Å². The van der Waals surface area contributed by atoms with Crippen LogP contribution in [0.5, 0.6) is 0 Å². The molecule has 0 unspecified atom stereocenters. The van der Waals surface area contributed by atoms with Gasteiger partial charge < -0.3 is 0 Å². The molecule has 2 nitrogen and oxygen atoms in total. The van der Waals surface area contributed by atoms with Crippen molar-refractivity contribution in [3.05, 3.63) is 23.0 Å². The number of hydrogen-bond acceptors (Lipinski definition) is 1. The highest BCUT2D eigenvalue weighted by atomic mass is 79.9. The second kappa shape index (κ2) is 3.93. The van der Waals surface area contributed by atoms with E-state index in [1.165, 1.54) is 0 Å². The van der Waals surface area contributed by atoms with Gasteiger partial charge in [-0.3, -0.25) is 4.68 Å². The first-order chi connectivity index (χ1) is 5.24. The molecule has 1 aromatic heterocycles. The number of aryl methyl sites for hydroxylation is 1. The summed E-state index contributed by atoms with van der Waals surface area (Å²) in [6, 6.07) is 0. The third-order valence-corrected chi connectivity index (χ3v) is 1.84. The number of rotatable bonds is 2. The molecule has 0 amide bonds. The van der Waals surface area contributed by atoms with Crippen molar-refractivity contribution in [2.45, 2.75) is 0 Å². The van der Waals surface area contributed by atoms with E-state index >= 15 is 0 Å². The number of aromatic nitrogens is 2. The molecule has 11 heavy (non-hydrogen) atoms. The number of nitrogens with zero attached hydrogens (tertiary/aromatic N) is 2. The third kappa shape index (κ3) is 2.34. The molecular formula is C7H8BrClN2. The smallest absolute Gasteiger partial charge is 0.103 e. The normalized spacial score (nSPS) is 11.2. The molecule has 0 bridgehead atoms. The molecule has 1 heterocycles. The first kappa shape index (κ1) is 8.81. The summed E-state index contributed by atoms with van der Waals surface area (Å²) in [6.07, 6.45) is 5.61. The van der Waals surface area contributed by atoms with E-state index in [2.05, 4.69) is 21.0 Å². The monoisotopic (exact) mass is 234 g/mol. The van der Waals surface area contributed by atoms with Crippen molar-refractivity contribution in [2.24, 2.45) is 7.05 Å². The maximum atomic E-state index is 5.83. The van der Waals surface area contributed by atoms with Crippen LogP contribution in [0.15, 0.2) is 12.3 Å². The molecule has 0 aromatic carbocycles. The fourth-order valence-electron chi connectivity index (χ4n) is 0.746.